The van der Waals surface area contributed by atoms with Gasteiger partial charge in [-0.25, -0.2) is 9.59 Å². The highest BCUT2D eigenvalue weighted by atomic mass is 35.6. The molecule has 1 heterocycles. The second-order valence-electron chi connectivity index (χ2n) is 5.77. The fraction of sp³-hybridized carbons (Fsp3) is 0.375. The summed E-state index contributed by atoms with van der Waals surface area (Å²) in [4.78, 5) is 47.8. The van der Waals surface area contributed by atoms with Gasteiger partial charge in [0.2, 0.25) is 10.0 Å². The van der Waals surface area contributed by atoms with Crippen LogP contribution in [0.3, 0.4) is 0 Å². The molecule has 0 aliphatic carbocycles. The Morgan fingerprint density at radius 3 is 2.43 bits per heavy atom. The smallest absolute Gasteiger partial charge is 0.369 e. The highest BCUT2D eigenvalue weighted by Gasteiger charge is 2.54. The van der Waals surface area contributed by atoms with Crippen LogP contribution in [0, 0.1) is 0 Å². The van der Waals surface area contributed by atoms with Crippen molar-refractivity contribution in [2.24, 2.45) is 0 Å². The molecule has 3 N–H and O–H groups in total. The van der Waals surface area contributed by atoms with Crippen molar-refractivity contribution in [3.05, 3.63) is 30.3 Å². The Labute approximate surface area is 189 Å². The molecule has 0 spiro atoms. The summed E-state index contributed by atoms with van der Waals surface area (Å²) in [6, 6.07) is 7.08. The summed E-state index contributed by atoms with van der Waals surface area (Å²) in [5.41, 5.74) is 0. The highest BCUT2D eigenvalue weighted by Crippen LogP contribution is 2.34. The first kappa shape index (κ1) is 24.4. The van der Waals surface area contributed by atoms with Gasteiger partial charge in [-0.1, -0.05) is 53.0 Å². The van der Waals surface area contributed by atoms with E-state index < -0.39 is 57.7 Å². The maximum absolute atomic E-state index is 12.2. The van der Waals surface area contributed by atoms with Gasteiger partial charge >= 0.3 is 11.3 Å². The Balaban J connectivity index is 2.00. The molecule has 1 fully saturated rings. The Morgan fingerprint density at radius 1 is 1.23 bits per heavy atom. The summed E-state index contributed by atoms with van der Waals surface area (Å²) in [5, 5.41) is 18.7. The third kappa shape index (κ3) is 6.81. The average molecular weight is 502 g/mol. The number of rotatable bonds is 8. The lowest BCUT2D eigenvalue weighted by atomic mass is 10.1. The molecule has 0 radical (unpaired) electrons. The van der Waals surface area contributed by atoms with Gasteiger partial charge in [0, 0.05) is 0 Å². The molecule has 164 valence electrons. The topological polar surface area (TPSA) is 142 Å². The lowest BCUT2D eigenvalue weighted by Crippen LogP contribution is -2.73. The van der Waals surface area contributed by atoms with E-state index in [0.717, 1.165) is 0 Å². The maximum Gasteiger partial charge on any atom is 0.369 e. The molecule has 0 bridgehead atoms. The first-order valence-corrected chi connectivity index (χ1v) is 10.1. The van der Waals surface area contributed by atoms with E-state index in [2.05, 4.69) is 5.32 Å². The minimum absolute atomic E-state index is 0.338. The number of aliphatic hydroxyl groups excluding tert-OH is 1. The van der Waals surface area contributed by atoms with Crippen LogP contribution in [-0.4, -0.2) is 72.8 Å². The van der Waals surface area contributed by atoms with Gasteiger partial charge in [-0.05, 0) is 23.9 Å². The summed E-state index contributed by atoms with van der Waals surface area (Å²) in [5.74, 6) is -2.93. The van der Waals surface area contributed by atoms with E-state index in [0.29, 0.717) is 22.4 Å². The number of carboxylic acid groups (broad SMARTS) is 1. The first-order chi connectivity index (χ1) is 14.0. The fourth-order valence-electron chi connectivity index (χ4n) is 2.28. The average Bonchev–Trinajstić information content (AvgIpc) is 2.68. The standard InChI is InChI=1S/C16H15Cl3N2O8S/c17-16(18,19)7-29-15(27)30-13-10(11(23)21(13)12(24)14(25)26)20-9(22)6-28-8-4-2-1-3-5-8/h1-5,10,12-13,24H,6-7H2,(H,20,22)(H,25,26). The second kappa shape index (κ2) is 10.4. The molecule has 14 heteroatoms. The number of alkyl halides is 3. The van der Waals surface area contributed by atoms with E-state index in [1.807, 2.05) is 0 Å². The summed E-state index contributed by atoms with van der Waals surface area (Å²) in [6.07, 6.45) is -2.23. The Kier molecular flexibility index (Phi) is 8.44. The number of carbonyl (C=O) groups is 4. The Bertz CT molecular complexity index is 807. The second-order valence-corrected chi connectivity index (χ2v) is 9.33. The molecule has 3 unspecified atom stereocenters. The fourth-order valence-corrected chi connectivity index (χ4v) is 3.42. The zero-order chi connectivity index (χ0) is 22.5. The number of carboxylic acids is 1. The minimum atomic E-state index is -2.23. The number of thioether (sulfide) groups is 1. The predicted molar refractivity (Wildman–Crippen MR) is 107 cm³/mol. The summed E-state index contributed by atoms with van der Waals surface area (Å²) in [7, 11) is 0. The monoisotopic (exact) mass is 500 g/mol. The summed E-state index contributed by atoms with van der Waals surface area (Å²) < 4.78 is 8.09. The first-order valence-electron chi connectivity index (χ1n) is 8.10. The van der Waals surface area contributed by atoms with Gasteiger partial charge < -0.3 is 25.0 Å². The van der Waals surface area contributed by atoms with Crippen LogP contribution >= 0.6 is 46.6 Å². The molecular formula is C16H15Cl3N2O8S. The van der Waals surface area contributed by atoms with Crippen LogP contribution < -0.4 is 10.1 Å². The molecule has 2 rings (SSSR count). The molecule has 2 amide bonds. The van der Waals surface area contributed by atoms with Crippen LogP contribution in [0.2, 0.25) is 0 Å². The normalized spacial score (nSPS) is 19.5. The number of likely N-dealkylation sites (tertiary alicyclic amines) is 1. The minimum Gasteiger partial charge on any atom is -0.484 e. The largest absolute Gasteiger partial charge is 0.484 e. The van der Waals surface area contributed by atoms with Crippen LogP contribution in [0.25, 0.3) is 0 Å². The maximum atomic E-state index is 12.2. The van der Waals surface area contributed by atoms with E-state index >= 15 is 0 Å². The van der Waals surface area contributed by atoms with Crippen molar-refractivity contribution in [2.45, 2.75) is 21.4 Å². The molecule has 1 saturated heterocycles. The van der Waals surface area contributed by atoms with Crippen LogP contribution in [-0.2, 0) is 19.1 Å². The highest BCUT2D eigenvalue weighted by molar-refractivity contribution is 8.13. The quantitative estimate of drug-likeness (QED) is 0.273. The molecule has 1 aromatic carbocycles. The van der Waals surface area contributed by atoms with Gasteiger partial charge in [-0.3, -0.25) is 14.5 Å². The molecule has 10 nitrogen and oxygen atoms in total. The molecular weight excluding hydrogens is 487 g/mol. The third-order valence-corrected chi connectivity index (χ3v) is 4.94. The number of para-hydroxylation sites is 1. The van der Waals surface area contributed by atoms with E-state index in [1.165, 1.54) is 0 Å². The number of ether oxygens (including phenoxy) is 2. The number of amides is 2. The third-order valence-electron chi connectivity index (χ3n) is 3.56. The SMILES string of the molecule is O=C(COc1ccccc1)NC1C(=O)N(C(O)C(=O)O)C1SC(=O)OCC(Cl)(Cl)Cl. The number of nitrogens with zero attached hydrogens (tertiary/aromatic N) is 1. The van der Waals surface area contributed by atoms with Gasteiger partial charge in [0.1, 0.15) is 23.8 Å². The Morgan fingerprint density at radius 2 is 1.87 bits per heavy atom. The van der Waals surface area contributed by atoms with Gasteiger partial charge in [0.05, 0.1) is 0 Å². The number of hydrogen-bond acceptors (Lipinski definition) is 8. The van der Waals surface area contributed by atoms with Crippen molar-refractivity contribution >= 4 is 69.6 Å². The summed E-state index contributed by atoms with van der Waals surface area (Å²) >= 11 is 16.8. The lowest BCUT2D eigenvalue weighted by molar-refractivity contribution is -0.178. The van der Waals surface area contributed by atoms with Gasteiger partial charge in [-0.15, -0.1) is 0 Å². The number of aliphatic hydroxyl groups is 1. The predicted octanol–water partition coefficient (Wildman–Crippen LogP) is 1.36. The van der Waals surface area contributed by atoms with Crippen LogP contribution in [0.1, 0.15) is 0 Å². The van der Waals surface area contributed by atoms with Crippen molar-refractivity contribution in [1.82, 2.24) is 10.2 Å². The van der Waals surface area contributed by atoms with Crippen molar-refractivity contribution in [2.75, 3.05) is 13.2 Å². The zero-order valence-electron chi connectivity index (χ0n) is 14.9. The molecule has 1 aliphatic heterocycles. The van der Waals surface area contributed by atoms with Gasteiger partial charge in [0.25, 0.3) is 11.8 Å². The Hall–Kier alpha value is -1.92. The van der Waals surface area contributed by atoms with Crippen molar-refractivity contribution in [3.8, 4) is 5.75 Å². The summed E-state index contributed by atoms with van der Waals surface area (Å²) in [6.45, 7) is -1.04. The van der Waals surface area contributed by atoms with E-state index in [1.54, 1.807) is 30.3 Å². The number of β-lactam (4-membered cyclic amide) rings is 1. The molecule has 0 aromatic heterocycles. The van der Waals surface area contributed by atoms with E-state index in [-0.39, 0.29) is 0 Å². The van der Waals surface area contributed by atoms with E-state index in [4.69, 9.17) is 49.4 Å². The number of nitrogens with one attached hydrogen (secondary N) is 1. The zero-order valence-corrected chi connectivity index (χ0v) is 18.0. The molecule has 0 saturated carbocycles. The molecule has 30 heavy (non-hydrogen) atoms. The number of hydrogen-bond donors (Lipinski definition) is 3. The van der Waals surface area contributed by atoms with Crippen molar-refractivity contribution in [3.63, 3.8) is 0 Å². The number of halogens is 3. The van der Waals surface area contributed by atoms with Gasteiger partial charge in [0.15, 0.2) is 6.61 Å². The molecule has 1 aliphatic rings. The van der Waals surface area contributed by atoms with Gasteiger partial charge in [-0.2, -0.15) is 0 Å². The van der Waals surface area contributed by atoms with Crippen LogP contribution in [0.5, 0.6) is 5.75 Å². The number of carbonyl (C=O) groups excluding carboxylic acids is 3. The van der Waals surface area contributed by atoms with Crippen LogP contribution in [0.15, 0.2) is 30.3 Å². The number of benzene rings is 1. The van der Waals surface area contributed by atoms with Crippen molar-refractivity contribution < 1.29 is 38.9 Å². The van der Waals surface area contributed by atoms with E-state index in [9.17, 15) is 24.3 Å². The molecule has 1 aromatic rings. The lowest BCUT2D eigenvalue weighted by Gasteiger charge is -2.46. The van der Waals surface area contributed by atoms with Crippen molar-refractivity contribution in [1.29, 1.82) is 0 Å². The van der Waals surface area contributed by atoms with Crippen LogP contribution in [0.4, 0.5) is 4.79 Å². The number of aliphatic carboxylic acids is 1. The molecule has 3 atom stereocenters.